The third-order valence-corrected chi connectivity index (χ3v) is 7.21. The predicted molar refractivity (Wildman–Crippen MR) is 120 cm³/mol. The predicted octanol–water partition coefficient (Wildman–Crippen LogP) is 3.77. The van der Waals surface area contributed by atoms with E-state index >= 15 is 0 Å². The van der Waals surface area contributed by atoms with Crippen LogP contribution in [0.25, 0.3) is 0 Å². The minimum atomic E-state index is -3.64. The van der Waals surface area contributed by atoms with E-state index in [1.165, 1.54) is 4.31 Å². The zero-order valence-corrected chi connectivity index (χ0v) is 18.1. The number of benzene rings is 3. The zero-order chi connectivity index (χ0) is 21.8. The number of hydrogen-bond acceptors (Lipinski definition) is 4. The number of ether oxygens (including phenoxy) is 1. The molecule has 0 fully saturated rings. The molecule has 0 saturated carbocycles. The largest absolute Gasteiger partial charge is 0.496 e. The molecule has 3 aromatic rings. The molecule has 0 atom stereocenters. The molecule has 160 valence electrons. The summed E-state index contributed by atoms with van der Waals surface area (Å²) in [6.07, 6.45) is 1.43. The summed E-state index contributed by atoms with van der Waals surface area (Å²) in [6.45, 7) is 0.762. The topological polar surface area (TPSA) is 75.7 Å². The molecule has 1 aliphatic heterocycles. The molecule has 6 nitrogen and oxygen atoms in total. The van der Waals surface area contributed by atoms with Crippen LogP contribution in [0.2, 0.25) is 0 Å². The van der Waals surface area contributed by atoms with Gasteiger partial charge in [-0.25, -0.2) is 8.42 Å². The van der Waals surface area contributed by atoms with Crippen LogP contribution in [0.1, 0.15) is 27.9 Å². The zero-order valence-electron chi connectivity index (χ0n) is 17.2. The summed E-state index contributed by atoms with van der Waals surface area (Å²) in [4.78, 5) is 13.0. The molecule has 1 N–H and O–H groups in total. The lowest BCUT2D eigenvalue weighted by Gasteiger charge is -2.30. The van der Waals surface area contributed by atoms with Crippen LogP contribution >= 0.6 is 0 Å². The summed E-state index contributed by atoms with van der Waals surface area (Å²) in [6, 6.07) is 21.1. The minimum absolute atomic E-state index is 0.211. The quantitative estimate of drug-likeness (QED) is 0.638. The van der Waals surface area contributed by atoms with Crippen LogP contribution < -0.4 is 14.4 Å². The smallest absolute Gasteiger partial charge is 0.264 e. The fourth-order valence-corrected chi connectivity index (χ4v) is 5.36. The molecular weight excluding hydrogens is 412 g/mol. The summed E-state index contributed by atoms with van der Waals surface area (Å²) < 4.78 is 33.0. The second-order valence-electron chi connectivity index (χ2n) is 7.33. The average molecular weight is 437 g/mol. The van der Waals surface area contributed by atoms with Crippen molar-refractivity contribution < 1.29 is 17.9 Å². The van der Waals surface area contributed by atoms with E-state index in [1.54, 1.807) is 55.6 Å². The van der Waals surface area contributed by atoms with Crippen molar-refractivity contribution in [3.63, 3.8) is 0 Å². The van der Waals surface area contributed by atoms with E-state index in [9.17, 15) is 13.2 Å². The highest BCUT2D eigenvalue weighted by Gasteiger charge is 2.29. The second-order valence-corrected chi connectivity index (χ2v) is 9.19. The molecule has 0 aromatic heterocycles. The second kappa shape index (κ2) is 8.81. The maximum Gasteiger partial charge on any atom is 0.264 e. The number of methoxy groups -OCH3 is 1. The Morgan fingerprint density at radius 2 is 1.77 bits per heavy atom. The van der Waals surface area contributed by atoms with E-state index in [0.29, 0.717) is 30.8 Å². The number of fused-ring (bicyclic) bond motifs is 1. The molecule has 0 aliphatic carbocycles. The van der Waals surface area contributed by atoms with Gasteiger partial charge in [0.15, 0.2) is 0 Å². The van der Waals surface area contributed by atoms with Gasteiger partial charge in [0, 0.05) is 24.2 Å². The minimum Gasteiger partial charge on any atom is -0.496 e. The lowest BCUT2D eigenvalue weighted by atomic mass is 10.0. The van der Waals surface area contributed by atoms with Crippen LogP contribution in [-0.4, -0.2) is 28.0 Å². The number of sulfonamides is 1. The summed E-state index contributed by atoms with van der Waals surface area (Å²) in [5.41, 5.74) is 2.89. The molecule has 31 heavy (non-hydrogen) atoms. The maximum atomic E-state index is 13.1. The standard InChI is InChI=1S/C24H24N2O4S/c1-30-23-12-6-5-8-20(23)17-25-24(27)19-13-14-22-18(16-19)9-7-15-26(22)31(28,29)21-10-3-2-4-11-21/h2-6,8,10-14,16H,7,9,15,17H2,1H3,(H,25,27). The Balaban J connectivity index is 1.55. The van der Waals surface area contributed by atoms with Gasteiger partial charge in [-0.15, -0.1) is 0 Å². The summed E-state index contributed by atoms with van der Waals surface area (Å²) in [5.74, 6) is 0.506. The van der Waals surface area contributed by atoms with Crippen LogP contribution in [0.3, 0.4) is 0 Å². The fourth-order valence-electron chi connectivity index (χ4n) is 3.80. The molecule has 0 unspecified atom stereocenters. The van der Waals surface area contributed by atoms with Crippen LogP contribution in [-0.2, 0) is 23.0 Å². The number of amides is 1. The van der Waals surface area contributed by atoms with Crippen molar-refractivity contribution in [2.45, 2.75) is 24.3 Å². The molecule has 7 heteroatoms. The molecule has 0 bridgehead atoms. The van der Waals surface area contributed by atoms with Gasteiger partial charge >= 0.3 is 0 Å². The van der Waals surface area contributed by atoms with E-state index in [1.807, 2.05) is 24.3 Å². The molecule has 0 radical (unpaired) electrons. The van der Waals surface area contributed by atoms with Gasteiger partial charge in [0.1, 0.15) is 5.75 Å². The van der Waals surface area contributed by atoms with Gasteiger partial charge in [-0.05, 0) is 54.8 Å². The molecule has 0 saturated heterocycles. The highest BCUT2D eigenvalue weighted by molar-refractivity contribution is 7.92. The molecule has 3 aromatic carbocycles. The SMILES string of the molecule is COc1ccccc1CNC(=O)c1ccc2c(c1)CCCN2S(=O)(=O)c1ccccc1. The van der Waals surface area contributed by atoms with Crippen molar-refractivity contribution in [2.75, 3.05) is 18.0 Å². The van der Waals surface area contributed by atoms with Crippen molar-refractivity contribution in [3.8, 4) is 5.75 Å². The van der Waals surface area contributed by atoms with E-state index < -0.39 is 10.0 Å². The number of hydrogen-bond donors (Lipinski definition) is 1. The van der Waals surface area contributed by atoms with Gasteiger partial charge in [-0.2, -0.15) is 0 Å². The van der Waals surface area contributed by atoms with Gasteiger partial charge < -0.3 is 10.1 Å². The third kappa shape index (κ3) is 4.27. The van der Waals surface area contributed by atoms with Gasteiger partial charge in [-0.1, -0.05) is 36.4 Å². The van der Waals surface area contributed by atoms with Crippen molar-refractivity contribution in [2.24, 2.45) is 0 Å². The van der Waals surface area contributed by atoms with Gasteiger partial charge in [0.2, 0.25) is 0 Å². The highest BCUT2D eigenvalue weighted by Crippen LogP contribution is 2.32. The number of nitrogens with zero attached hydrogens (tertiary/aromatic N) is 1. The lowest BCUT2D eigenvalue weighted by Crippen LogP contribution is -2.35. The Kier molecular flexibility index (Phi) is 5.95. The summed E-state index contributed by atoms with van der Waals surface area (Å²) in [7, 11) is -2.05. The van der Waals surface area contributed by atoms with E-state index in [4.69, 9.17) is 4.74 Å². The number of carbonyl (C=O) groups is 1. The van der Waals surface area contributed by atoms with Crippen LogP contribution in [0.15, 0.2) is 77.7 Å². The monoisotopic (exact) mass is 436 g/mol. The van der Waals surface area contributed by atoms with Crippen molar-refractivity contribution in [1.82, 2.24) is 5.32 Å². The number of carbonyl (C=O) groups excluding carboxylic acids is 1. The van der Waals surface area contributed by atoms with Crippen LogP contribution in [0.4, 0.5) is 5.69 Å². The van der Waals surface area contributed by atoms with Crippen molar-refractivity contribution in [3.05, 3.63) is 89.5 Å². The number of aryl methyl sites for hydroxylation is 1. The number of rotatable bonds is 6. The van der Waals surface area contributed by atoms with E-state index in [0.717, 1.165) is 23.3 Å². The Morgan fingerprint density at radius 3 is 2.55 bits per heavy atom. The first-order valence-corrected chi connectivity index (χ1v) is 11.6. The molecule has 1 heterocycles. The highest BCUT2D eigenvalue weighted by atomic mass is 32.2. The first-order valence-electron chi connectivity index (χ1n) is 10.1. The summed E-state index contributed by atoms with van der Waals surface area (Å²) >= 11 is 0. The van der Waals surface area contributed by atoms with Gasteiger partial charge in [0.25, 0.3) is 15.9 Å². The molecule has 1 aliphatic rings. The number of anilines is 1. The Labute approximate surface area is 182 Å². The van der Waals surface area contributed by atoms with Crippen LogP contribution in [0, 0.1) is 0 Å². The molecule has 1 amide bonds. The average Bonchev–Trinajstić information content (AvgIpc) is 2.82. The fraction of sp³-hybridized carbons (Fsp3) is 0.208. The van der Waals surface area contributed by atoms with E-state index in [2.05, 4.69) is 5.32 Å². The maximum absolute atomic E-state index is 13.1. The van der Waals surface area contributed by atoms with Crippen LogP contribution in [0.5, 0.6) is 5.75 Å². The number of para-hydroxylation sites is 1. The molecule has 4 rings (SSSR count). The van der Waals surface area contributed by atoms with Gasteiger partial charge in [0.05, 0.1) is 17.7 Å². The Morgan fingerprint density at radius 1 is 1.03 bits per heavy atom. The Hall–Kier alpha value is -3.32. The lowest BCUT2D eigenvalue weighted by molar-refractivity contribution is 0.0950. The first kappa shape index (κ1) is 20.9. The van der Waals surface area contributed by atoms with Crippen molar-refractivity contribution in [1.29, 1.82) is 0 Å². The molecular formula is C24H24N2O4S. The van der Waals surface area contributed by atoms with Crippen molar-refractivity contribution >= 4 is 21.6 Å². The summed E-state index contributed by atoms with van der Waals surface area (Å²) in [5, 5.41) is 2.91. The Bertz CT molecular complexity index is 1190. The normalized spacial score (nSPS) is 13.4. The first-order chi connectivity index (χ1) is 15.0. The van der Waals surface area contributed by atoms with E-state index in [-0.39, 0.29) is 10.8 Å². The third-order valence-electron chi connectivity index (χ3n) is 5.38. The number of nitrogens with one attached hydrogen (secondary N) is 1. The molecule has 0 spiro atoms. The van der Waals surface area contributed by atoms with Gasteiger partial charge in [-0.3, -0.25) is 9.10 Å².